The van der Waals surface area contributed by atoms with Crippen LogP contribution >= 0.6 is 11.8 Å². The van der Waals surface area contributed by atoms with Gasteiger partial charge >= 0.3 is 0 Å². The highest BCUT2D eigenvalue weighted by molar-refractivity contribution is 8.19. The van der Waals surface area contributed by atoms with E-state index in [2.05, 4.69) is 5.32 Å². The molecule has 0 bridgehead atoms. The number of Topliss-reactive ketones (excluding diaryl/α,β-unsaturated/α-hetero) is 1. The van der Waals surface area contributed by atoms with E-state index in [0.29, 0.717) is 21.9 Å². The molecule has 0 spiro atoms. The summed E-state index contributed by atoms with van der Waals surface area (Å²) in [5.41, 5.74) is 3.79. The highest BCUT2D eigenvalue weighted by Gasteiger charge is 2.47. The summed E-state index contributed by atoms with van der Waals surface area (Å²) in [5, 5.41) is 3.74. The van der Waals surface area contributed by atoms with Gasteiger partial charge in [-0.3, -0.25) is 9.59 Å². The SMILES string of the molecule is CC1=C(C(=O)Nc2ccccc2)C(c2ccccc2)C2C(=O)/C(=C\c3ccccc3)SC2=N1. The van der Waals surface area contributed by atoms with Crippen LogP contribution in [0.5, 0.6) is 0 Å². The van der Waals surface area contributed by atoms with Crippen LogP contribution in [0.3, 0.4) is 0 Å². The van der Waals surface area contributed by atoms with Crippen LogP contribution in [-0.4, -0.2) is 16.7 Å². The minimum atomic E-state index is -0.507. The number of fused-ring (bicyclic) bond motifs is 1. The maximum absolute atomic E-state index is 13.6. The van der Waals surface area contributed by atoms with Gasteiger partial charge in [-0.1, -0.05) is 90.6 Å². The molecule has 2 aliphatic rings. The summed E-state index contributed by atoms with van der Waals surface area (Å²) in [6.07, 6.45) is 1.91. The zero-order chi connectivity index (χ0) is 22.8. The fourth-order valence-electron chi connectivity index (χ4n) is 4.34. The lowest BCUT2D eigenvalue weighted by Crippen LogP contribution is -2.33. The number of thioether (sulfide) groups is 1. The first-order chi connectivity index (χ1) is 16.1. The number of hydrogen-bond acceptors (Lipinski definition) is 4. The highest BCUT2D eigenvalue weighted by atomic mass is 32.2. The average molecular weight is 451 g/mol. The van der Waals surface area contributed by atoms with Gasteiger partial charge in [0.2, 0.25) is 0 Å². The number of amides is 1. The molecule has 3 aromatic rings. The van der Waals surface area contributed by atoms with Crippen LogP contribution in [0, 0.1) is 5.92 Å². The van der Waals surface area contributed by atoms with Gasteiger partial charge in [0, 0.05) is 22.9 Å². The van der Waals surface area contributed by atoms with Gasteiger partial charge in [-0.05, 0) is 36.3 Å². The van der Waals surface area contributed by atoms with Gasteiger partial charge in [-0.2, -0.15) is 0 Å². The molecule has 0 radical (unpaired) electrons. The fraction of sp³-hybridized carbons (Fsp3) is 0.107. The zero-order valence-electron chi connectivity index (χ0n) is 18.1. The number of aliphatic imine (C=N–C) groups is 1. The molecule has 1 amide bonds. The standard InChI is InChI=1S/C28H22N2O2S/c1-18-23(27(32)30-21-15-9-4-10-16-21)24(20-13-7-3-8-14-20)25-26(31)22(33-28(25)29-18)17-19-11-5-2-6-12-19/h2-17,24-25H,1H3,(H,30,32)/b22-17+. The highest BCUT2D eigenvalue weighted by Crippen LogP contribution is 2.49. The number of nitrogens with zero attached hydrogens (tertiary/aromatic N) is 1. The largest absolute Gasteiger partial charge is 0.322 e. The van der Waals surface area contributed by atoms with Crippen molar-refractivity contribution in [2.45, 2.75) is 12.8 Å². The molecule has 2 unspecified atom stereocenters. The molecule has 162 valence electrons. The summed E-state index contributed by atoms with van der Waals surface area (Å²) in [6, 6.07) is 28.9. The van der Waals surface area contributed by atoms with E-state index in [-0.39, 0.29) is 11.7 Å². The van der Waals surface area contributed by atoms with Crippen LogP contribution in [0.1, 0.15) is 24.0 Å². The van der Waals surface area contributed by atoms with Crippen LogP contribution in [-0.2, 0) is 9.59 Å². The van der Waals surface area contributed by atoms with Crippen LogP contribution in [0.15, 0.2) is 112 Å². The van der Waals surface area contributed by atoms with E-state index in [1.165, 1.54) is 11.8 Å². The number of benzene rings is 3. The van der Waals surface area contributed by atoms with Gasteiger partial charge < -0.3 is 5.32 Å². The van der Waals surface area contributed by atoms with Crippen molar-refractivity contribution in [3.8, 4) is 0 Å². The van der Waals surface area contributed by atoms with Crippen LogP contribution in [0.2, 0.25) is 0 Å². The third kappa shape index (κ3) is 4.20. The van der Waals surface area contributed by atoms with Gasteiger partial charge in [0.1, 0.15) is 0 Å². The predicted octanol–water partition coefficient (Wildman–Crippen LogP) is 6.07. The summed E-state index contributed by atoms with van der Waals surface area (Å²) in [6.45, 7) is 1.85. The number of rotatable bonds is 4. The molecular weight excluding hydrogens is 428 g/mol. The van der Waals surface area contributed by atoms with Gasteiger partial charge in [0.25, 0.3) is 5.91 Å². The van der Waals surface area contributed by atoms with E-state index in [0.717, 1.165) is 16.2 Å². The molecule has 1 N–H and O–H groups in total. The van der Waals surface area contributed by atoms with Crippen LogP contribution in [0.25, 0.3) is 6.08 Å². The van der Waals surface area contributed by atoms with Crippen molar-refractivity contribution in [1.29, 1.82) is 0 Å². The summed E-state index contributed by atoms with van der Waals surface area (Å²) < 4.78 is 0. The smallest absolute Gasteiger partial charge is 0.254 e. The molecular formula is C28H22N2O2S. The van der Waals surface area contributed by atoms with Crippen molar-refractivity contribution in [3.63, 3.8) is 0 Å². The molecule has 1 saturated heterocycles. The Bertz CT molecular complexity index is 1300. The lowest BCUT2D eigenvalue weighted by molar-refractivity contribution is -0.117. The Balaban J connectivity index is 1.56. The number of anilines is 1. The van der Waals surface area contributed by atoms with E-state index in [9.17, 15) is 9.59 Å². The van der Waals surface area contributed by atoms with Crippen LogP contribution < -0.4 is 5.32 Å². The van der Waals surface area contributed by atoms with Crippen molar-refractivity contribution in [1.82, 2.24) is 0 Å². The Kier molecular flexibility index (Phi) is 5.80. The molecule has 5 heteroatoms. The second-order valence-electron chi connectivity index (χ2n) is 8.02. The summed E-state index contributed by atoms with van der Waals surface area (Å²) in [4.78, 5) is 32.5. The first-order valence-electron chi connectivity index (χ1n) is 10.8. The number of allylic oxidation sites excluding steroid dienone is 2. The summed E-state index contributed by atoms with van der Waals surface area (Å²) >= 11 is 1.41. The monoisotopic (exact) mass is 450 g/mol. The Morgan fingerprint density at radius 3 is 2.15 bits per heavy atom. The molecule has 2 aliphatic heterocycles. The normalized spacial score (nSPS) is 21.1. The molecule has 0 aliphatic carbocycles. The molecule has 5 rings (SSSR count). The topological polar surface area (TPSA) is 58.5 Å². The Morgan fingerprint density at radius 2 is 1.48 bits per heavy atom. The molecule has 2 heterocycles. The van der Waals surface area contributed by atoms with Crippen molar-refractivity contribution >= 4 is 40.3 Å². The van der Waals surface area contributed by atoms with E-state index in [4.69, 9.17) is 4.99 Å². The second-order valence-corrected chi connectivity index (χ2v) is 9.08. The Hall–Kier alpha value is -3.70. The molecule has 0 aromatic heterocycles. The molecule has 1 fully saturated rings. The van der Waals surface area contributed by atoms with Crippen molar-refractivity contribution in [2.24, 2.45) is 10.9 Å². The first kappa shape index (κ1) is 21.2. The average Bonchev–Trinajstić information content (AvgIpc) is 3.14. The maximum atomic E-state index is 13.6. The van der Waals surface area contributed by atoms with Crippen molar-refractivity contribution in [3.05, 3.63) is 118 Å². The van der Waals surface area contributed by atoms with Gasteiger partial charge in [0.05, 0.1) is 15.9 Å². The zero-order valence-corrected chi connectivity index (χ0v) is 18.9. The maximum Gasteiger partial charge on any atom is 0.254 e. The first-order valence-corrected chi connectivity index (χ1v) is 11.6. The van der Waals surface area contributed by atoms with Crippen molar-refractivity contribution < 1.29 is 9.59 Å². The number of carbonyl (C=O) groups excluding carboxylic acids is 2. The molecule has 4 nitrogen and oxygen atoms in total. The van der Waals surface area contributed by atoms with Gasteiger partial charge in [-0.15, -0.1) is 0 Å². The van der Waals surface area contributed by atoms with E-state index >= 15 is 0 Å². The molecule has 3 aromatic carbocycles. The number of para-hydroxylation sites is 1. The van der Waals surface area contributed by atoms with E-state index in [1.807, 2.05) is 104 Å². The summed E-state index contributed by atoms with van der Waals surface area (Å²) in [7, 11) is 0. The number of carbonyl (C=O) groups is 2. The third-order valence-corrected chi connectivity index (χ3v) is 6.94. The number of hydrogen-bond donors (Lipinski definition) is 1. The second kappa shape index (κ2) is 9.04. The van der Waals surface area contributed by atoms with Crippen LogP contribution in [0.4, 0.5) is 5.69 Å². The third-order valence-electron chi connectivity index (χ3n) is 5.85. The molecule has 0 saturated carbocycles. The molecule has 33 heavy (non-hydrogen) atoms. The lowest BCUT2D eigenvalue weighted by atomic mass is 9.76. The predicted molar refractivity (Wildman–Crippen MR) is 135 cm³/mol. The Labute approximate surface area is 197 Å². The van der Waals surface area contributed by atoms with Gasteiger partial charge in [-0.25, -0.2) is 4.99 Å². The molecule has 2 atom stereocenters. The van der Waals surface area contributed by atoms with Gasteiger partial charge in [0.15, 0.2) is 5.78 Å². The Morgan fingerprint density at radius 1 is 0.879 bits per heavy atom. The quantitative estimate of drug-likeness (QED) is 0.491. The fourth-order valence-corrected chi connectivity index (χ4v) is 5.54. The minimum absolute atomic E-state index is 0.00830. The van der Waals surface area contributed by atoms with E-state index < -0.39 is 11.8 Å². The number of nitrogens with one attached hydrogen (secondary N) is 1. The summed E-state index contributed by atoms with van der Waals surface area (Å²) in [5.74, 6) is -1.13. The minimum Gasteiger partial charge on any atom is -0.322 e. The number of ketones is 1. The van der Waals surface area contributed by atoms with Crippen molar-refractivity contribution in [2.75, 3.05) is 5.32 Å². The van der Waals surface area contributed by atoms with E-state index in [1.54, 1.807) is 0 Å². The lowest BCUT2D eigenvalue weighted by Gasteiger charge is -2.29.